The summed E-state index contributed by atoms with van der Waals surface area (Å²) in [6.45, 7) is 4.69. The van der Waals surface area contributed by atoms with E-state index in [4.69, 9.17) is 18.9 Å². The number of hydrogen-bond donors (Lipinski definition) is 0. The third kappa shape index (κ3) is 18.2. The van der Waals surface area contributed by atoms with E-state index in [1.807, 2.05) is 6.07 Å². The molecule has 0 aliphatic carbocycles. The molecule has 0 saturated carbocycles. The van der Waals surface area contributed by atoms with E-state index >= 15 is 0 Å². The highest BCUT2D eigenvalue weighted by atomic mass is 16.5. The van der Waals surface area contributed by atoms with Gasteiger partial charge in [0.25, 0.3) is 0 Å². The van der Waals surface area contributed by atoms with Crippen LogP contribution < -0.4 is 18.9 Å². The minimum Gasteiger partial charge on any atom is -0.493 e. The third-order valence-corrected chi connectivity index (χ3v) is 10.8. The highest BCUT2D eigenvalue weighted by Crippen LogP contribution is 2.37. The fourth-order valence-electron chi connectivity index (χ4n) is 7.54. The van der Waals surface area contributed by atoms with Crippen molar-refractivity contribution in [3.63, 3.8) is 0 Å². The topological polar surface area (TPSA) is 36.9 Å². The molecule has 0 unspecified atom stereocenters. The van der Waals surface area contributed by atoms with Gasteiger partial charge in [0.05, 0.1) is 28.4 Å². The Hall–Kier alpha value is -2.36. The number of unbranched alkanes of at least 4 members (excludes halogenated alkanes) is 22. The molecular weight excluding hydrogens is 617 g/mol. The SMILES string of the molecule is CCCCCCCCCCCCCCCc1cc([C@H](C)CCCCCCCCCCCCCc2cccc(OC)c2OC)cc(OC)c1OC. The molecule has 0 N–H and O–H groups in total. The molecule has 4 heteroatoms. The van der Waals surface area contributed by atoms with Crippen LogP contribution in [0.4, 0.5) is 0 Å². The number of methoxy groups -OCH3 is 4. The molecule has 0 aromatic heterocycles. The van der Waals surface area contributed by atoms with Crippen molar-refractivity contribution in [3.8, 4) is 23.0 Å². The number of para-hydroxylation sites is 1. The van der Waals surface area contributed by atoms with Gasteiger partial charge in [-0.15, -0.1) is 0 Å². The van der Waals surface area contributed by atoms with Crippen LogP contribution in [0.3, 0.4) is 0 Å². The van der Waals surface area contributed by atoms with Crippen LogP contribution in [0.1, 0.15) is 197 Å². The lowest BCUT2D eigenvalue weighted by Crippen LogP contribution is -2.02. The summed E-state index contributed by atoms with van der Waals surface area (Å²) in [5.41, 5.74) is 4.00. The van der Waals surface area contributed by atoms with Crippen molar-refractivity contribution in [2.45, 2.75) is 193 Å². The molecule has 0 radical (unpaired) electrons. The molecule has 0 amide bonds. The van der Waals surface area contributed by atoms with Crippen molar-refractivity contribution in [1.82, 2.24) is 0 Å². The van der Waals surface area contributed by atoms with Gasteiger partial charge in [-0.2, -0.15) is 0 Å². The van der Waals surface area contributed by atoms with Gasteiger partial charge in [0, 0.05) is 0 Å². The van der Waals surface area contributed by atoms with Crippen molar-refractivity contribution in [3.05, 3.63) is 47.0 Å². The molecule has 0 spiro atoms. The Morgan fingerprint density at radius 3 is 1.32 bits per heavy atom. The van der Waals surface area contributed by atoms with Gasteiger partial charge < -0.3 is 18.9 Å². The number of benzene rings is 2. The lowest BCUT2D eigenvalue weighted by atomic mass is 9.91. The molecule has 2 aromatic rings. The van der Waals surface area contributed by atoms with Crippen LogP contribution in [-0.2, 0) is 12.8 Å². The van der Waals surface area contributed by atoms with Gasteiger partial charge >= 0.3 is 0 Å². The summed E-state index contributed by atoms with van der Waals surface area (Å²) in [7, 11) is 7.01. The standard InChI is InChI=1S/C46H78O4/c1-7-8-9-10-11-12-13-14-17-21-24-27-30-34-41-37-42(38-44(48-4)46(41)50-6)39(2)32-28-25-22-19-16-15-18-20-23-26-29-33-40-35-31-36-43(47-3)45(40)49-5/h31,35-39H,7-30,32-34H2,1-6H3/t39-/m1/s1. The van der Waals surface area contributed by atoms with E-state index in [9.17, 15) is 0 Å². The van der Waals surface area contributed by atoms with Crippen molar-refractivity contribution in [1.29, 1.82) is 0 Å². The Labute approximate surface area is 309 Å². The first-order chi connectivity index (χ1) is 24.6. The Morgan fingerprint density at radius 1 is 0.440 bits per heavy atom. The highest BCUT2D eigenvalue weighted by molar-refractivity contribution is 5.50. The van der Waals surface area contributed by atoms with Crippen molar-refractivity contribution in [2.75, 3.05) is 28.4 Å². The normalized spacial score (nSPS) is 11.9. The Balaban J connectivity index is 1.55. The molecule has 2 rings (SSSR count). The molecule has 0 fully saturated rings. The lowest BCUT2D eigenvalue weighted by molar-refractivity contribution is 0.350. The van der Waals surface area contributed by atoms with Crippen molar-refractivity contribution < 1.29 is 18.9 Å². The Morgan fingerprint density at radius 2 is 0.860 bits per heavy atom. The van der Waals surface area contributed by atoms with Crippen LogP contribution in [-0.4, -0.2) is 28.4 Å². The molecular formula is C46H78O4. The zero-order valence-electron chi connectivity index (χ0n) is 33.7. The fraction of sp³-hybridized carbons (Fsp3) is 0.739. The zero-order valence-corrected chi connectivity index (χ0v) is 33.7. The van der Waals surface area contributed by atoms with E-state index in [2.05, 4.69) is 38.1 Å². The molecule has 1 atom stereocenters. The molecule has 50 heavy (non-hydrogen) atoms. The predicted octanol–water partition coefficient (Wildman–Crippen LogP) is 14.4. The van der Waals surface area contributed by atoms with Gasteiger partial charge in [0.15, 0.2) is 23.0 Å². The molecule has 2 aromatic carbocycles. The van der Waals surface area contributed by atoms with Gasteiger partial charge in [-0.05, 0) is 66.8 Å². The number of ether oxygens (including phenoxy) is 4. The largest absolute Gasteiger partial charge is 0.493 e. The van der Waals surface area contributed by atoms with Crippen molar-refractivity contribution in [2.24, 2.45) is 0 Å². The molecule has 0 bridgehead atoms. The monoisotopic (exact) mass is 695 g/mol. The lowest BCUT2D eigenvalue weighted by Gasteiger charge is -2.19. The number of rotatable bonds is 33. The summed E-state index contributed by atoms with van der Waals surface area (Å²) in [6.07, 6.45) is 36.2. The van der Waals surface area contributed by atoms with E-state index in [1.165, 1.54) is 177 Å². The molecule has 0 saturated heterocycles. The maximum Gasteiger partial charge on any atom is 0.163 e. The van der Waals surface area contributed by atoms with Crippen LogP contribution in [0, 0.1) is 0 Å². The predicted molar refractivity (Wildman–Crippen MR) is 216 cm³/mol. The minimum absolute atomic E-state index is 0.546. The molecule has 0 aliphatic rings. The molecule has 286 valence electrons. The summed E-state index contributed by atoms with van der Waals surface area (Å²) < 4.78 is 22.7. The van der Waals surface area contributed by atoms with E-state index in [1.54, 1.807) is 28.4 Å². The summed E-state index contributed by atoms with van der Waals surface area (Å²) in [6, 6.07) is 10.8. The van der Waals surface area contributed by atoms with Crippen LogP contribution in [0.5, 0.6) is 23.0 Å². The van der Waals surface area contributed by atoms with Crippen molar-refractivity contribution >= 4 is 0 Å². The number of hydrogen-bond acceptors (Lipinski definition) is 4. The average molecular weight is 695 g/mol. The molecule has 4 nitrogen and oxygen atoms in total. The third-order valence-electron chi connectivity index (χ3n) is 10.8. The van der Waals surface area contributed by atoms with Gasteiger partial charge in [-0.25, -0.2) is 0 Å². The minimum atomic E-state index is 0.546. The maximum atomic E-state index is 5.84. The quantitative estimate of drug-likeness (QED) is 0.0697. The summed E-state index contributed by atoms with van der Waals surface area (Å²) in [4.78, 5) is 0. The Kier molecular flexibility index (Phi) is 25.6. The van der Waals surface area contributed by atoms with Gasteiger partial charge in [0.1, 0.15) is 0 Å². The summed E-state index contributed by atoms with van der Waals surface area (Å²) in [5.74, 6) is 4.12. The van der Waals surface area contributed by atoms with Crippen LogP contribution in [0.2, 0.25) is 0 Å². The van der Waals surface area contributed by atoms with Crippen LogP contribution >= 0.6 is 0 Å². The molecule has 0 heterocycles. The maximum absolute atomic E-state index is 5.84. The van der Waals surface area contributed by atoms with E-state index in [0.29, 0.717) is 5.92 Å². The number of aryl methyl sites for hydroxylation is 2. The fourth-order valence-corrected chi connectivity index (χ4v) is 7.54. The average Bonchev–Trinajstić information content (AvgIpc) is 3.14. The second-order valence-corrected chi connectivity index (χ2v) is 14.9. The van der Waals surface area contributed by atoms with E-state index in [0.717, 1.165) is 35.8 Å². The smallest absolute Gasteiger partial charge is 0.163 e. The Bertz CT molecular complexity index is 1100. The van der Waals surface area contributed by atoms with Gasteiger partial charge in [-0.1, -0.05) is 173 Å². The second kappa shape index (κ2) is 29.2. The molecule has 0 aliphatic heterocycles. The first-order valence-corrected chi connectivity index (χ1v) is 21.0. The first kappa shape index (κ1) is 43.8. The summed E-state index contributed by atoms with van der Waals surface area (Å²) >= 11 is 0. The van der Waals surface area contributed by atoms with Gasteiger partial charge in [0.2, 0.25) is 0 Å². The van der Waals surface area contributed by atoms with Gasteiger partial charge in [-0.3, -0.25) is 0 Å². The zero-order chi connectivity index (χ0) is 36.1. The van der Waals surface area contributed by atoms with E-state index < -0.39 is 0 Å². The van der Waals surface area contributed by atoms with Crippen LogP contribution in [0.15, 0.2) is 30.3 Å². The first-order valence-electron chi connectivity index (χ1n) is 21.0. The highest BCUT2D eigenvalue weighted by Gasteiger charge is 2.16. The second-order valence-electron chi connectivity index (χ2n) is 14.9. The van der Waals surface area contributed by atoms with E-state index in [-0.39, 0.29) is 0 Å². The van der Waals surface area contributed by atoms with Crippen LogP contribution in [0.25, 0.3) is 0 Å². The summed E-state index contributed by atoms with van der Waals surface area (Å²) in [5, 5.41) is 0.